The zero-order valence-corrected chi connectivity index (χ0v) is 12.7. The van der Waals surface area contributed by atoms with Gasteiger partial charge in [-0.2, -0.15) is 0 Å². The molecule has 0 saturated heterocycles. The fraction of sp³-hybridized carbons (Fsp3) is 0.0526. The van der Waals surface area contributed by atoms with Gasteiger partial charge in [0.1, 0.15) is 0 Å². The maximum atomic E-state index is 12.3. The van der Waals surface area contributed by atoms with Gasteiger partial charge >= 0.3 is 0 Å². The molecule has 4 nitrogen and oxygen atoms in total. The predicted octanol–water partition coefficient (Wildman–Crippen LogP) is 3.19. The van der Waals surface area contributed by atoms with Gasteiger partial charge in [-0.25, -0.2) is 0 Å². The third-order valence-corrected chi connectivity index (χ3v) is 3.62. The Balaban J connectivity index is 1.88. The highest BCUT2D eigenvalue weighted by Gasteiger charge is 2.04. The van der Waals surface area contributed by atoms with Gasteiger partial charge in [0.2, 0.25) is 5.91 Å². The maximum absolute atomic E-state index is 12.3. The molecule has 1 amide bonds. The van der Waals surface area contributed by atoms with Gasteiger partial charge < -0.3 is 9.88 Å². The van der Waals surface area contributed by atoms with E-state index in [1.54, 1.807) is 35.9 Å². The number of carbonyl (C=O) groups is 1. The standard InChI is InChI=1S/C19H16N2O2/c1-21-17-10-6-5-7-14(17)13-15(19(21)23)11-12-18(22)20-16-8-3-2-4-9-16/h2-13H,1H3,(H,20,22)/b12-11+. The molecular weight excluding hydrogens is 288 g/mol. The minimum Gasteiger partial charge on any atom is -0.323 e. The molecule has 0 radical (unpaired) electrons. The second kappa shape index (κ2) is 6.32. The van der Waals surface area contributed by atoms with E-state index in [4.69, 9.17) is 0 Å². The fourth-order valence-corrected chi connectivity index (χ4v) is 2.44. The average molecular weight is 304 g/mol. The number of pyridine rings is 1. The van der Waals surface area contributed by atoms with Crippen molar-refractivity contribution in [3.63, 3.8) is 0 Å². The van der Waals surface area contributed by atoms with Gasteiger partial charge in [0.05, 0.1) is 5.52 Å². The summed E-state index contributed by atoms with van der Waals surface area (Å²) in [5.41, 5.74) is 1.93. The van der Waals surface area contributed by atoms with E-state index in [2.05, 4.69) is 5.32 Å². The Morgan fingerprint density at radius 1 is 1.04 bits per heavy atom. The third-order valence-electron chi connectivity index (χ3n) is 3.62. The first-order valence-corrected chi connectivity index (χ1v) is 7.28. The van der Waals surface area contributed by atoms with Crippen molar-refractivity contribution >= 4 is 28.6 Å². The Kier molecular flexibility index (Phi) is 4.06. The first kappa shape index (κ1) is 14.8. The van der Waals surface area contributed by atoms with E-state index in [0.717, 1.165) is 10.9 Å². The summed E-state index contributed by atoms with van der Waals surface area (Å²) in [6.07, 6.45) is 2.92. The number of fused-ring (bicyclic) bond motifs is 1. The van der Waals surface area contributed by atoms with Crippen LogP contribution in [0.4, 0.5) is 5.69 Å². The quantitative estimate of drug-likeness (QED) is 0.756. The number of benzene rings is 2. The van der Waals surface area contributed by atoms with Crippen LogP contribution in [-0.4, -0.2) is 10.5 Å². The summed E-state index contributed by atoms with van der Waals surface area (Å²) in [6, 6.07) is 18.6. The molecule has 0 aliphatic rings. The van der Waals surface area contributed by atoms with Gasteiger partial charge in [0, 0.05) is 24.4 Å². The van der Waals surface area contributed by atoms with Crippen molar-refractivity contribution in [1.29, 1.82) is 0 Å². The zero-order valence-electron chi connectivity index (χ0n) is 12.7. The normalized spacial score (nSPS) is 11.0. The van der Waals surface area contributed by atoms with Crippen molar-refractivity contribution in [2.75, 3.05) is 5.32 Å². The second-order valence-electron chi connectivity index (χ2n) is 5.21. The van der Waals surface area contributed by atoms with Crippen LogP contribution in [-0.2, 0) is 11.8 Å². The van der Waals surface area contributed by atoms with Crippen LogP contribution in [0.5, 0.6) is 0 Å². The lowest BCUT2D eigenvalue weighted by Gasteiger charge is -2.06. The molecule has 1 heterocycles. The Labute approximate surface area is 133 Å². The van der Waals surface area contributed by atoms with E-state index in [1.807, 2.05) is 42.5 Å². The van der Waals surface area contributed by atoms with E-state index >= 15 is 0 Å². The zero-order chi connectivity index (χ0) is 16.2. The summed E-state index contributed by atoms with van der Waals surface area (Å²) in [5.74, 6) is -0.272. The van der Waals surface area contributed by atoms with Gasteiger partial charge in [0.25, 0.3) is 5.56 Å². The lowest BCUT2D eigenvalue weighted by Crippen LogP contribution is -2.19. The monoisotopic (exact) mass is 304 g/mol. The van der Waals surface area contributed by atoms with Gasteiger partial charge in [-0.3, -0.25) is 9.59 Å². The summed E-state index contributed by atoms with van der Waals surface area (Å²) in [7, 11) is 1.73. The Hall–Kier alpha value is -3.14. The number of carbonyl (C=O) groups excluding carboxylic acids is 1. The summed E-state index contributed by atoms with van der Waals surface area (Å²) < 4.78 is 1.59. The highest BCUT2D eigenvalue weighted by atomic mass is 16.1. The van der Waals surface area contributed by atoms with Crippen molar-refractivity contribution in [2.24, 2.45) is 7.05 Å². The molecule has 0 saturated carbocycles. The molecule has 3 aromatic rings. The number of aromatic nitrogens is 1. The summed E-state index contributed by atoms with van der Waals surface area (Å²) in [4.78, 5) is 24.3. The van der Waals surface area contributed by atoms with Crippen LogP contribution in [0.25, 0.3) is 17.0 Å². The van der Waals surface area contributed by atoms with E-state index in [0.29, 0.717) is 11.3 Å². The molecule has 0 aliphatic heterocycles. The van der Waals surface area contributed by atoms with Crippen molar-refractivity contribution in [2.45, 2.75) is 0 Å². The van der Waals surface area contributed by atoms with Crippen LogP contribution >= 0.6 is 0 Å². The smallest absolute Gasteiger partial charge is 0.258 e. The van der Waals surface area contributed by atoms with E-state index in [-0.39, 0.29) is 11.5 Å². The Morgan fingerprint density at radius 3 is 2.52 bits per heavy atom. The second-order valence-corrected chi connectivity index (χ2v) is 5.21. The van der Waals surface area contributed by atoms with Crippen LogP contribution in [0.3, 0.4) is 0 Å². The van der Waals surface area contributed by atoms with Crippen molar-refractivity contribution < 1.29 is 4.79 Å². The molecule has 114 valence electrons. The van der Waals surface area contributed by atoms with E-state index in [1.165, 1.54) is 6.08 Å². The number of para-hydroxylation sites is 2. The van der Waals surface area contributed by atoms with Gasteiger partial charge in [-0.1, -0.05) is 36.4 Å². The van der Waals surface area contributed by atoms with Gasteiger partial charge in [0.15, 0.2) is 0 Å². The third kappa shape index (κ3) is 3.21. The van der Waals surface area contributed by atoms with Gasteiger partial charge in [-0.15, -0.1) is 0 Å². The van der Waals surface area contributed by atoms with E-state index in [9.17, 15) is 9.59 Å². The van der Waals surface area contributed by atoms with E-state index < -0.39 is 0 Å². The lowest BCUT2D eigenvalue weighted by molar-refractivity contribution is -0.111. The van der Waals surface area contributed by atoms with Crippen LogP contribution < -0.4 is 10.9 Å². The summed E-state index contributed by atoms with van der Waals surface area (Å²) in [6.45, 7) is 0. The number of anilines is 1. The van der Waals surface area contributed by atoms with Crippen molar-refractivity contribution in [3.05, 3.63) is 82.7 Å². The number of nitrogens with one attached hydrogen (secondary N) is 1. The number of amides is 1. The molecule has 4 heteroatoms. The number of aryl methyl sites for hydroxylation is 1. The molecule has 23 heavy (non-hydrogen) atoms. The minimum atomic E-state index is -0.272. The number of nitrogens with zero attached hydrogens (tertiary/aromatic N) is 1. The molecule has 3 rings (SSSR count). The largest absolute Gasteiger partial charge is 0.323 e. The summed E-state index contributed by atoms with van der Waals surface area (Å²) in [5, 5.41) is 3.71. The van der Waals surface area contributed by atoms with Crippen LogP contribution in [0.15, 0.2) is 71.5 Å². The fourth-order valence-electron chi connectivity index (χ4n) is 2.44. The van der Waals surface area contributed by atoms with Crippen LogP contribution in [0.2, 0.25) is 0 Å². The SMILES string of the molecule is Cn1c(=O)c(/C=C/C(=O)Nc2ccccc2)cc2ccccc21. The molecule has 2 aromatic carbocycles. The van der Waals surface area contributed by atoms with Crippen LogP contribution in [0.1, 0.15) is 5.56 Å². The highest BCUT2D eigenvalue weighted by molar-refractivity contribution is 6.02. The molecule has 1 N–H and O–H groups in total. The minimum absolute atomic E-state index is 0.132. The van der Waals surface area contributed by atoms with Gasteiger partial charge in [-0.05, 0) is 35.7 Å². The number of hydrogen-bond acceptors (Lipinski definition) is 2. The maximum Gasteiger partial charge on any atom is 0.258 e. The number of hydrogen-bond donors (Lipinski definition) is 1. The van der Waals surface area contributed by atoms with Crippen molar-refractivity contribution in [3.8, 4) is 0 Å². The molecule has 0 spiro atoms. The first-order chi connectivity index (χ1) is 11.1. The first-order valence-electron chi connectivity index (χ1n) is 7.28. The molecule has 0 bridgehead atoms. The molecule has 0 fully saturated rings. The highest BCUT2D eigenvalue weighted by Crippen LogP contribution is 2.13. The molecule has 1 aromatic heterocycles. The molecule has 0 aliphatic carbocycles. The molecule has 0 atom stereocenters. The lowest BCUT2D eigenvalue weighted by atomic mass is 10.1. The van der Waals surface area contributed by atoms with Crippen LogP contribution in [0, 0.1) is 0 Å². The number of rotatable bonds is 3. The Bertz CT molecular complexity index is 940. The molecular formula is C19H16N2O2. The average Bonchev–Trinajstić information content (AvgIpc) is 2.58. The topological polar surface area (TPSA) is 51.1 Å². The Morgan fingerprint density at radius 2 is 1.74 bits per heavy atom. The predicted molar refractivity (Wildman–Crippen MR) is 93.3 cm³/mol. The van der Waals surface area contributed by atoms with Crippen molar-refractivity contribution in [1.82, 2.24) is 4.57 Å². The summed E-state index contributed by atoms with van der Waals surface area (Å²) >= 11 is 0. The molecule has 0 unspecified atom stereocenters.